The molecule has 1 aliphatic carbocycles. The molecule has 2 fully saturated rings. The van der Waals surface area contributed by atoms with Crippen molar-refractivity contribution in [2.45, 2.75) is 42.9 Å². The Morgan fingerprint density at radius 3 is 2.30 bits per heavy atom. The van der Waals surface area contributed by atoms with Gasteiger partial charge in [0.15, 0.2) is 5.67 Å². The van der Waals surface area contributed by atoms with Crippen LogP contribution in [0, 0.1) is 5.92 Å². The summed E-state index contributed by atoms with van der Waals surface area (Å²) in [7, 11) is 0. The highest BCUT2D eigenvalue weighted by atomic mass is 35.5. The summed E-state index contributed by atoms with van der Waals surface area (Å²) < 4.78 is 98.0. The van der Waals surface area contributed by atoms with Crippen LogP contribution in [0.5, 0.6) is 0 Å². The number of hydrogen-bond donors (Lipinski definition) is 0. The highest BCUT2D eigenvalue weighted by molar-refractivity contribution is 6.42. The van der Waals surface area contributed by atoms with Crippen LogP contribution in [0.25, 0.3) is 0 Å². The summed E-state index contributed by atoms with van der Waals surface area (Å²) in [6.45, 7) is -0.344. The lowest BCUT2D eigenvalue weighted by Gasteiger charge is -2.44. The van der Waals surface area contributed by atoms with Gasteiger partial charge in [-0.2, -0.15) is 26.3 Å². The van der Waals surface area contributed by atoms with Crippen LogP contribution in [-0.2, 0) is 27.1 Å². The van der Waals surface area contributed by atoms with Crippen LogP contribution >= 0.6 is 23.2 Å². The monoisotopic (exact) mass is 569 g/mol. The minimum atomic E-state index is -5.20. The van der Waals surface area contributed by atoms with Gasteiger partial charge in [-0.25, -0.2) is 4.39 Å². The van der Waals surface area contributed by atoms with Crippen molar-refractivity contribution in [1.29, 1.82) is 0 Å². The Morgan fingerprint density at radius 1 is 1.08 bits per heavy atom. The zero-order valence-electron chi connectivity index (χ0n) is 18.6. The van der Waals surface area contributed by atoms with Crippen molar-refractivity contribution in [3.8, 4) is 0 Å². The fraction of sp³-hybridized carbons (Fsp3) is 0.435. The van der Waals surface area contributed by atoms with E-state index >= 15 is 4.39 Å². The average Bonchev–Trinajstić information content (AvgIpc) is 3.54. The third-order valence-electron chi connectivity index (χ3n) is 6.66. The largest absolute Gasteiger partial charge is 0.435 e. The van der Waals surface area contributed by atoms with Gasteiger partial charge in [-0.1, -0.05) is 28.4 Å². The molecule has 5 nitrogen and oxygen atoms in total. The molecule has 0 bridgehead atoms. The lowest BCUT2D eigenvalue weighted by Crippen LogP contribution is -2.59. The molecule has 37 heavy (non-hydrogen) atoms. The Morgan fingerprint density at radius 2 is 1.76 bits per heavy atom. The number of amides is 1. The normalized spacial score (nSPS) is 23.4. The standard InChI is InChI=1S/C23H16Cl2F7N3O2/c24-15-6-13(5-14(18(15)25)22(27,28)29)21(23(30,31)32)7-16(34-37-21)12-3-4-17(33-8-12)20(26)9-35(10-20)19(36)11-1-2-11/h3-6,8,11H,1-2,7,9-10H2. The number of oxime groups is 1. The Balaban J connectivity index is 1.39. The van der Waals surface area contributed by atoms with Crippen LogP contribution in [0.15, 0.2) is 35.6 Å². The molecular weight excluding hydrogens is 554 g/mol. The van der Waals surface area contributed by atoms with Crippen LogP contribution in [-0.4, -0.2) is 40.8 Å². The zero-order chi connectivity index (χ0) is 27.0. The molecule has 1 atom stereocenters. The number of alkyl halides is 7. The second-order valence-electron chi connectivity index (χ2n) is 9.31. The quantitative estimate of drug-likeness (QED) is 0.400. The van der Waals surface area contributed by atoms with Crippen LogP contribution in [0.2, 0.25) is 10.0 Å². The maximum Gasteiger partial charge on any atom is 0.435 e. The van der Waals surface area contributed by atoms with Crippen molar-refractivity contribution < 1.29 is 40.4 Å². The number of hydrogen-bond acceptors (Lipinski definition) is 4. The maximum absolute atomic E-state index is 15.2. The van der Waals surface area contributed by atoms with Gasteiger partial charge in [0.1, 0.15) is 0 Å². The minimum absolute atomic E-state index is 0.00278. The van der Waals surface area contributed by atoms with Gasteiger partial charge in [0, 0.05) is 23.2 Å². The second kappa shape index (κ2) is 8.45. The summed E-state index contributed by atoms with van der Waals surface area (Å²) in [4.78, 5) is 22.2. The van der Waals surface area contributed by atoms with E-state index in [4.69, 9.17) is 28.0 Å². The molecule has 3 heterocycles. The first-order valence-electron chi connectivity index (χ1n) is 11.0. The van der Waals surface area contributed by atoms with E-state index in [1.807, 2.05) is 0 Å². The molecule has 1 saturated heterocycles. The van der Waals surface area contributed by atoms with Crippen molar-refractivity contribution in [3.63, 3.8) is 0 Å². The van der Waals surface area contributed by atoms with Crippen molar-refractivity contribution in [3.05, 3.63) is 62.9 Å². The molecule has 0 N–H and O–H groups in total. The van der Waals surface area contributed by atoms with E-state index in [9.17, 15) is 31.1 Å². The first kappa shape index (κ1) is 26.0. The molecule has 1 aromatic carbocycles. The number of aromatic nitrogens is 1. The summed E-state index contributed by atoms with van der Waals surface area (Å²) in [6.07, 6.45) is -8.59. The third kappa shape index (κ3) is 4.41. The fourth-order valence-electron chi connectivity index (χ4n) is 4.38. The highest BCUT2D eigenvalue weighted by Crippen LogP contribution is 2.51. The Labute approximate surface area is 215 Å². The fourth-order valence-corrected chi connectivity index (χ4v) is 4.82. The molecule has 198 valence electrons. The van der Waals surface area contributed by atoms with Gasteiger partial charge in [0.25, 0.3) is 5.60 Å². The summed E-state index contributed by atoms with van der Waals surface area (Å²) in [5.74, 6) is -0.168. The number of likely N-dealkylation sites (tertiary alicyclic amines) is 1. The summed E-state index contributed by atoms with van der Waals surface area (Å²) in [6, 6.07) is 3.45. The van der Waals surface area contributed by atoms with Crippen molar-refractivity contribution in [2.24, 2.45) is 11.1 Å². The number of nitrogens with zero attached hydrogens (tertiary/aromatic N) is 3. The van der Waals surface area contributed by atoms with Gasteiger partial charge < -0.3 is 9.74 Å². The molecule has 1 saturated carbocycles. The van der Waals surface area contributed by atoms with E-state index in [1.54, 1.807) is 0 Å². The van der Waals surface area contributed by atoms with E-state index in [2.05, 4.69) is 10.1 Å². The molecular formula is C23H16Cl2F7N3O2. The number of pyridine rings is 1. The van der Waals surface area contributed by atoms with Gasteiger partial charge in [-0.3, -0.25) is 9.78 Å². The SMILES string of the molecule is O=C(C1CC1)N1CC(F)(c2ccc(C3=NOC(c4cc(Cl)c(Cl)c(C(F)(F)F)c4)(C(F)(F)F)C3)cn2)C1. The lowest BCUT2D eigenvalue weighted by molar-refractivity contribution is -0.276. The third-order valence-corrected chi connectivity index (χ3v) is 7.46. The summed E-state index contributed by atoms with van der Waals surface area (Å²) in [5.41, 5.74) is -7.84. The lowest BCUT2D eigenvalue weighted by atomic mass is 9.85. The predicted octanol–water partition coefficient (Wildman–Crippen LogP) is 6.41. The number of carbonyl (C=O) groups excluding carboxylic acids is 1. The van der Waals surface area contributed by atoms with Gasteiger partial charge in [0.05, 0.1) is 46.5 Å². The van der Waals surface area contributed by atoms with Crippen molar-refractivity contribution in [1.82, 2.24) is 9.88 Å². The molecule has 1 aromatic heterocycles. The smallest absolute Gasteiger partial charge is 0.374 e. The Hall–Kier alpha value is -2.60. The molecule has 0 radical (unpaired) electrons. The topological polar surface area (TPSA) is 54.8 Å². The minimum Gasteiger partial charge on any atom is -0.374 e. The molecule has 1 unspecified atom stereocenters. The molecule has 14 heteroatoms. The van der Waals surface area contributed by atoms with Gasteiger partial charge in [-0.05, 0) is 37.1 Å². The zero-order valence-corrected chi connectivity index (χ0v) is 20.1. The van der Waals surface area contributed by atoms with Crippen molar-refractivity contribution in [2.75, 3.05) is 13.1 Å². The van der Waals surface area contributed by atoms with Crippen molar-refractivity contribution >= 4 is 34.8 Å². The number of rotatable bonds is 4. The number of halogens is 9. The molecule has 1 amide bonds. The molecule has 0 spiro atoms. The van der Waals surface area contributed by atoms with Crippen LogP contribution < -0.4 is 0 Å². The average molecular weight is 570 g/mol. The first-order chi connectivity index (χ1) is 17.1. The molecule has 2 aromatic rings. The van der Waals surface area contributed by atoms with Crippen LogP contribution in [0.1, 0.15) is 41.6 Å². The van der Waals surface area contributed by atoms with Crippen LogP contribution in [0.4, 0.5) is 30.7 Å². The van der Waals surface area contributed by atoms with Crippen LogP contribution in [0.3, 0.4) is 0 Å². The maximum atomic E-state index is 15.2. The number of carbonyl (C=O) groups is 1. The molecule has 3 aliphatic rings. The van der Waals surface area contributed by atoms with E-state index in [0.717, 1.165) is 19.0 Å². The summed E-state index contributed by atoms with van der Waals surface area (Å²) >= 11 is 11.3. The predicted molar refractivity (Wildman–Crippen MR) is 118 cm³/mol. The van der Waals surface area contributed by atoms with E-state index in [-0.39, 0.29) is 48.0 Å². The Bertz CT molecular complexity index is 1290. The van der Waals surface area contributed by atoms with E-state index < -0.39 is 51.2 Å². The molecule has 5 rings (SSSR count). The molecule has 2 aliphatic heterocycles. The second-order valence-corrected chi connectivity index (χ2v) is 10.1. The highest BCUT2D eigenvalue weighted by Gasteiger charge is 2.63. The van der Waals surface area contributed by atoms with E-state index in [0.29, 0.717) is 6.07 Å². The van der Waals surface area contributed by atoms with Gasteiger partial charge >= 0.3 is 12.4 Å². The van der Waals surface area contributed by atoms with Gasteiger partial charge in [-0.15, -0.1) is 0 Å². The summed E-state index contributed by atoms with van der Waals surface area (Å²) in [5, 5.41) is 1.81. The Kier molecular flexibility index (Phi) is 5.95. The number of benzene rings is 1. The first-order valence-corrected chi connectivity index (χ1v) is 11.7. The van der Waals surface area contributed by atoms with E-state index in [1.165, 1.54) is 17.0 Å². The van der Waals surface area contributed by atoms with Gasteiger partial charge in [0.2, 0.25) is 5.91 Å².